The minimum absolute atomic E-state index is 0.136. The van der Waals surface area contributed by atoms with Crippen LogP contribution in [0.3, 0.4) is 0 Å². The molecule has 0 saturated heterocycles. The molecule has 0 unspecified atom stereocenters. The van der Waals surface area contributed by atoms with E-state index in [1.165, 1.54) is 5.56 Å². The molecule has 5 aromatic rings. The number of aryl methyl sites for hydroxylation is 2. The second-order valence-electron chi connectivity index (χ2n) is 9.53. The van der Waals surface area contributed by atoms with E-state index in [2.05, 4.69) is 40.8 Å². The van der Waals surface area contributed by atoms with Crippen LogP contribution in [0.4, 0.5) is 11.4 Å². The van der Waals surface area contributed by atoms with Crippen LogP contribution in [0, 0.1) is 6.92 Å². The molecule has 1 aliphatic rings. The van der Waals surface area contributed by atoms with Crippen molar-refractivity contribution in [2.45, 2.75) is 19.9 Å². The lowest BCUT2D eigenvalue weighted by Gasteiger charge is -2.27. The molecule has 6 rings (SSSR count). The smallest absolute Gasteiger partial charge is 0.294 e. The molecule has 0 saturated carbocycles. The van der Waals surface area contributed by atoms with E-state index in [-0.39, 0.29) is 18.3 Å². The zero-order valence-electron chi connectivity index (χ0n) is 21.5. The summed E-state index contributed by atoms with van der Waals surface area (Å²) < 4.78 is 3.34. The first-order valence-electron chi connectivity index (χ1n) is 12.5. The lowest BCUT2D eigenvalue weighted by atomic mass is 10.0. The van der Waals surface area contributed by atoms with Gasteiger partial charge < -0.3 is 10.6 Å². The van der Waals surface area contributed by atoms with Crippen molar-refractivity contribution < 1.29 is 9.59 Å². The number of rotatable bonds is 6. The SMILES string of the molecule is Cc1ncc(NC(=O)CN2CCc3ccncc3C2)cc1NC(=O)c1nnc2cc(-c3cnn(C)c3)ccn12. The highest BCUT2D eigenvalue weighted by Gasteiger charge is 2.20. The first-order chi connectivity index (χ1) is 18.9. The Kier molecular flexibility index (Phi) is 6.29. The molecular formula is C27H26N10O2. The van der Waals surface area contributed by atoms with Crippen molar-refractivity contribution in [1.82, 2.24) is 39.2 Å². The topological polar surface area (TPSA) is 135 Å². The van der Waals surface area contributed by atoms with Crippen LogP contribution in [-0.2, 0) is 24.8 Å². The lowest BCUT2D eigenvalue weighted by Crippen LogP contribution is -2.37. The number of nitrogens with zero attached hydrogens (tertiary/aromatic N) is 8. The van der Waals surface area contributed by atoms with Gasteiger partial charge in [0.25, 0.3) is 5.91 Å². The van der Waals surface area contributed by atoms with Crippen molar-refractivity contribution in [3.63, 3.8) is 0 Å². The van der Waals surface area contributed by atoms with Crippen LogP contribution < -0.4 is 10.6 Å². The minimum Gasteiger partial charge on any atom is -0.324 e. The molecule has 0 aliphatic carbocycles. The molecule has 196 valence electrons. The van der Waals surface area contributed by atoms with E-state index in [4.69, 9.17) is 0 Å². The van der Waals surface area contributed by atoms with Gasteiger partial charge in [-0.25, -0.2) is 0 Å². The van der Waals surface area contributed by atoms with Gasteiger partial charge in [0, 0.05) is 50.5 Å². The van der Waals surface area contributed by atoms with Gasteiger partial charge in [-0.3, -0.25) is 33.5 Å². The number of nitrogens with one attached hydrogen (secondary N) is 2. The highest BCUT2D eigenvalue weighted by atomic mass is 16.2. The van der Waals surface area contributed by atoms with Crippen molar-refractivity contribution in [3.05, 3.63) is 84.1 Å². The van der Waals surface area contributed by atoms with Crippen LogP contribution in [0.25, 0.3) is 16.8 Å². The van der Waals surface area contributed by atoms with Crippen molar-refractivity contribution >= 4 is 28.8 Å². The quantitative estimate of drug-likeness (QED) is 0.347. The van der Waals surface area contributed by atoms with E-state index in [0.717, 1.165) is 29.7 Å². The Morgan fingerprint density at radius 2 is 1.92 bits per heavy atom. The molecule has 2 amide bonds. The largest absolute Gasteiger partial charge is 0.324 e. The highest BCUT2D eigenvalue weighted by molar-refractivity contribution is 6.03. The number of amides is 2. The Balaban J connectivity index is 1.13. The molecule has 1 aliphatic heterocycles. The summed E-state index contributed by atoms with van der Waals surface area (Å²) in [5, 5.41) is 18.2. The second kappa shape index (κ2) is 10.1. The van der Waals surface area contributed by atoms with Gasteiger partial charge in [-0.1, -0.05) is 0 Å². The summed E-state index contributed by atoms with van der Waals surface area (Å²) in [6.07, 6.45) is 11.5. The van der Waals surface area contributed by atoms with Crippen molar-refractivity contribution in [2.75, 3.05) is 23.7 Å². The molecule has 2 N–H and O–H groups in total. The predicted octanol–water partition coefficient (Wildman–Crippen LogP) is 2.48. The Morgan fingerprint density at radius 3 is 2.77 bits per heavy atom. The van der Waals surface area contributed by atoms with Crippen molar-refractivity contribution in [2.24, 2.45) is 7.05 Å². The molecule has 6 heterocycles. The zero-order valence-corrected chi connectivity index (χ0v) is 21.5. The first-order valence-corrected chi connectivity index (χ1v) is 12.5. The number of pyridine rings is 3. The van der Waals surface area contributed by atoms with E-state index in [1.54, 1.807) is 46.9 Å². The molecule has 5 aromatic heterocycles. The number of carbonyl (C=O) groups is 2. The highest BCUT2D eigenvalue weighted by Crippen LogP contribution is 2.22. The van der Waals surface area contributed by atoms with Crippen LogP contribution in [0.2, 0.25) is 0 Å². The molecule has 0 atom stereocenters. The zero-order chi connectivity index (χ0) is 26.9. The summed E-state index contributed by atoms with van der Waals surface area (Å²) >= 11 is 0. The van der Waals surface area contributed by atoms with Crippen molar-refractivity contribution in [1.29, 1.82) is 0 Å². The van der Waals surface area contributed by atoms with Gasteiger partial charge >= 0.3 is 0 Å². The van der Waals surface area contributed by atoms with E-state index >= 15 is 0 Å². The summed E-state index contributed by atoms with van der Waals surface area (Å²) in [6, 6.07) is 7.45. The predicted molar refractivity (Wildman–Crippen MR) is 144 cm³/mol. The average Bonchev–Trinajstić information content (AvgIpc) is 3.56. The third kappa shape index (κ3) is 5.09. The van der Waals surface area contributed by atoms with Crippen molar-refractivity contribution in [3.8, 4) is 11.1 Å². The van der Waals surface area contributed by atoms with Gasteiger partial charge in [0.1, 0.15) is 0 Å². The van der Waals surface area contributed by atoms with Gasteiger partial charge in [-0.15, -0.1) is 10.2 Å². The average molecular weight is 523 g/mol. The van der Waals surface area contributed by atoms with E-state index < -0.39 is 5.91 Å². The number of anilines is 2. The molecule has 12 nitrogen and oxygen atoms in total. The van der Waals surface area contributed by atoms with Crippen LogP contribution in [0.15, 0.2) is 61.4 Å². The van der Waals surface area contributed by atoms with Gasteiger partial charge in [0.2, 0.25) is 11.7 Å². The molecule has 39 heavy (non-hydrogen) atoms. The molecule has 0 bridgehead atoms. The number of aromatic nitrogens is 7. The minimum atomic E-state index is -0.439. The van der Waals surface area contributed by atoms with E-state index in [0.29, 0.717) is 29.3 Å². The van der Waals surface area contributed by atoms with Crippen LogP contribution >= 0.6 is 0 Å². The molecular weight excluding hydrogens is 496 g/mol. The number of hydrogen-bond acceptors (Lipinski definition) is 8. The summed E-state index contributed by atoms with van der Waals surface area (Å²) in [4.78, 5) is 36.5. The Morgan fingerprint density at radius 1 is 1.03 bits per heavy atom. The van der Waals surface area contributed by atoms with E-state index in [1.807, 2.05) is 37.6 Å². The standard InChI is InChI=1S/C27H26N10O2/c1-17-23(10-22(13-29-17)31-25(38)16-36-7-4-18-3-6-28-11-20(18)15-36)32-27(39)26-34-33-24-9-19(5-8-37(24)26)21-12-30-35(2)14-21/h3,5-6,8-14H,4,7,15-16H2,1-2H3,(H,31,38)(H,32,39). The third-order valence-electron chi connectivity index (χ3n) is 6.73. The Bertz CT molecular complexity index is 1710. The molecule has 0 fully saturated rings. The fraction of sp³-hybridized carbons (Fsp3) is 0.222. The van der Waals surface area contributed by atoms with Gasteiger partial charge in [-0.05, 0) is 54.3 Å². The lowest BCUT2D eigenvalue weighted by molar-refractivity contribution is -0.117. The van der Waals surface area contributed by atoms with Gasteiger partial charge in [0.15, 0.2) is 5.65 Å². The first kappa shape index (κ1) is 24.4. The number of hydrogen-bond donors (Lipinski definition) is 2. The molecule has 0 aromatic carbocycles. The summed E-state index contributed by atoms with van der Waals surface area (Å²) in [5.41, 5.74) is 6.39. The van der Waals surface area contributed by atoms with Crippen LogP contribution in [-0.4, -0.2) is 64.2 Å². The molecule has 0 spiro atoms. The molecule has 0 radical (unpaired) electrons. The fourth-order valence-corrected chi connectivity index (χ4v) is 4.68. The number of fused-ring (bicyclic) bond motifs is 2. The van der Waals surface area contributed by atoms with Gasteiger partial charge in [0.05, 0.1) is 36.0 Å². The third-order valence-corrected chi connectivity index (χ3v) is 6.73. The summed E-state index contributed by atoms with van der Waals surface area (Å²) in [6.45, 7) is 3.51. The normalized spacial score (nSPS) is 13.3. The van der Waals surface area contributed by atoms with Crippen LogP contribution in [0.5, 0.6) is 0 Å². The fourth-order valence-electron chi connectivity index (χ4n) is 4.68. The molecule has 12 heteroatoms. The summed E-state index contributed by atoms with van der Waals surface area (Å²) in [5.74, 6) is -0.458. The second-order valence-corrected chi connectivity index (χ2v) is 9.53. The maximum atomic E-state index is 13.1. The maximum absolute atomic E-state index is 13.1. The number of carbonyl (C=O) groups excluding carboxylic acids is 2. The van der Waals surface area contributed by atoms with E-state index in [9.17, 15) is 9.59 Å². The van der Waals surface area contributed by atoms with Gasteiger partial charge in [-0.2, -0.15) is 5.10 Å². The maximum Gasteiger partial charge on any atom is 0.294 e. The monoisotopic (exact) mass is 522 g/mol. The Labute approximate surface area is 223 Å². The summed E-state index contributed by atoms with van der Waals surface area (Å²) in [7, 11) is 1.85. The van der Waals surface area contributed by atoms with Crippen LogP contribution in [0.1, 0.15) is 27.4 Å². The Hall–Kier alpha value is -4.97.